The van der Waals surface area contributed by atoms with Gasteiger partial charge in [0.15, 0.2) is 0 Å². The van der Waals surface area contributed by atoms with Crippen LogP contribution in [0.5, 0.6) is 5.75 Å². The maximum Gasteiger partial charge on any atom is 0.248 e. The number of primary amides is 1. The van der Waals surface area contributed by atoms with E-state index in [0.717, 1.165) is 9.13 Å². The molecule has 2 aromatic carbocycles. The summed E-state index contributed by atoms with van der Waals surface area (Å²) in [7, 11) is 0. The Kier molecular flexibility index (Phi) is 4.36. The molecule has 5 heteroatoms. The van der Waals surface area contributed by atoms with Crippen LogP contribution in [0.25, 0.3) is 0 Å². The van der Waals surface area contributed by atoms with Crippen LogP contribution in [0, 0.1) is 9.39 Å². The van der Waals surface area contributed by atoms with Gasteiger partial charge in [0, 0.05) is 5.56 Å². The van der Waals surface area contributed by atoms with Gasteiger partial charge in [0.2, 0.25) is 5.91 Å². The third-order valence-corrected chi connectivity index (χ3v) is 3.34. The van der Waals surface area contributed by atoms with Crippen molar-refractivity contribution >= 4 is 28.5 Å². The van der Waals surface area contributed by atoms with Gasteiger partial charge in [-0.05, 0) is 58.5 Å². The standard InChI is InChI=1S/C14H11FINO2/c15-11-3-1-2-9(6-11)8-19-13-5-4-10(14(17)18)7-12(13)16/h1-7H,8H2,(H2,17,18). The lowest BCUT2D eigenvalue weighted by Crippen LogP contribution is -2.11. The van der Waals surface area contributed by atoms with Gasteiger partial charge in [0.25, 0.3) is 0 Å². The maximum absolute atomic E-state index is 13.0. The molecule has 0 unspecified atom stereocenters. The van der Waals surface area contributed by atoms with Gasteiger partial charge in [0.05, 0.1) is 3.57 Å². The van der Waals surface area contributed by atoms with Gasteiger partial charge in [-0.25, -0.2) is 4.39 Å². The maximum atomic E-state index is 13.0. The molecule has 0 aliphatic rings. The third kappa shape index (κ3) is 3.66. The Hall–Kier alpha value is -1.63. The van der Waals surface area contributed by atoms with E-state index in [9.17, 15) is 9.18 Å². The summed E-state index contributed by atoms with van der Waals surface area (Å²) in [4.78, 5) is 11.0. The number of hydrogen-bond donors (Lipinski definition) is 1. The Morgan fingerprint density at radius 1 is 1.26 bits per heavy atom. The van der Waals surface area contributed by atoms with Crippen LogP contribution in [0.3, 0.4) is 0 Å². The first-order chi connectivity index (χ1) is 9.06. The number of carbonyl (C=O) groups is 1. The molecule has 0 heterocycles. The van der Waals surface area contributed by atoms with Gasteiger partial charge < -0.3 is 10.5 Å². The molecule has 0 saturated heterocycles. The molecule has 0 aliphatic heterocycles. The number of halogens is 2. The summed E-state index contributed by atoms with van der Waals surface area (Å²) in [5.74, 6) is -0.135. The smallest absolute Gasteiger partial charge is 0.248 e. The van der Waals surface area contributed by atoms with Crippen molar-refractivity contribution in [2.75, 3.05) is 0 Å². The van der Waals surface area contributed by atoms with Gasteiger partial charge in [-0.15, -0.1) is 0 Å². The highest BCUT2D eigenvalue weighted by Crippen LogP contribution is 2.23. The number of amides is 1. The van der Waals surface area contributed by atoms with Crippen molar-refractivity contribution in [3.8, 4) is 5.75 Å². The van der Waals surface area contributed by atoms with Crippen LogP contribution in [0.4, 0.5) is 4.39 Å². The first kappa shape index (κ1) is 13.8. The average Bonchev–Trinajstić information content (AvgIpc) is 2.37. The molecule has 0 bridgehead atoms. The summed E-state index contributed by atoms with van der Waals surface area (Å²) in [6.07, 6.45) is 0. The molecule has 2 rings (SSSR count). The predicted molar refractivity (Wildman–Crippen MR) is 78.4 cm³/mol. The average molecular weight is 371 g/mol. The topological polar surface area (TPSA) is 52.3 Å². The van der Waals surface area contributed by atoms with Crippen LogP contribution in [0.2, 0.25) is 0 Å². The quantitative estimate of drug-likeness (QED) is 0.840. The molecule has 0 fully saturated rings. The molecular weight excluding hydrogens is 360 g/mol. The van der Waals surface area contributed by atoms with E-state index in [1.807, 2.05) is 0 Å². The second-order valence-electron chi connectivity index (χ2n) is 3.93. The molecule has 0 radical (unpaired) electrons. The van der Waals surface area contributed by atoms with E-state index in [1.165, 1.54) is 12.1 Å². The van der Waals surface area contributed by atoms with Gasteiger partial charge >= 0.3 is 0 Å². The molecule has 0 saturated carbocycles. The Labute approximate surface area is 123 Å². The Bertz CT molecular complexity index is 616. The van der Waals surface area contributed by atoms with Crippen molar-refractivity contribution in [1.82, 2.24) is 0 Å². The van der Waals surface area contributed by atoms with E-state index in [0.29, 0.717) is 11.3 Å². The molecule has 0 aromatic heterocycles. The third-order valence-electron chi connectivity index (χ3n) is 2.50. The molecule has 98 valence electrons. The van der Waals surface area contributed by atoms with E-state index < -0.39 is 5.91 Å². The lowest BCUT2D eigenvalue weighted by Gasteiger charge is -2.09. The SMILES string of the molecule is NC(=O)c1ccc(OCc2cccc(F)c2)c(I)c1. The summed E-state index contributed by atoms with van der Waals surface area (Å²) in [6, 6.07) is 11.2. The van der Waals surface area contributed by atoms with Crippen LogP contribution in [-0.4, -0.2) is 5.91 Å². The zero-order valence-corrected chi connectivity index (χ0v) is 12.1. The highest BCUT2D eigenvalue weighted by Gasteiger charge is 2.06. The largest absolute Gasteiger partial charge is 0.488 e. The summed E-state index contributed by atoms with van der Waals surface area (Å²) < 4.78 is 19.4. The Morgan fingerprint density at radius 3 is 2.68 bits per heavy atom. The van der Waals surface area contributed by atoms with Crippen molar-refractivity contribution in [2.24, 2.45) is 5.73 Å². The predicted octanol–water partition coefficient (Wildman–Crippen LogP) is 3.11. The number of rotatable bonds is 4. The van der Waals surface area contributed by atoms with Crippen molar-refractivity contribution < 1.29 is 13.9 Å². The van der Waals surface area contributed by atoms with Crippen LogP contribution >= 0.6 is 22.6 Å². The number of benzene rings is 2. The minimum absolute atomic E-state index is 0.268. The number of carbonyl (C=O) groups excluding carboxylic acids is 1. The highest BCUT2D eigenvalue weighted by atomic mass is 127. The molecular formula is C14H11FINO2. The zero-order chi connectivity index (χ0) is 13.8. The number of hydrogen-bond acceptors (Lipinski definition) is 2. The second kappa shape index (κ2) is 6.01. The molecule has 0 aliphatic carbocycles. The van der Waals surface area contributed by atoms with Gasteiger partial charge in [-0.3, -0.25) is 4.79 Å². The van der Waals surface area contributed by atoms with Crippen LogP contribution in [-0.2, 0) is 6.61 Å². The fourth-order valence-electron chi connectivity index (χ4n) is 1.56. The van der Waals surface area contributed by atoms with Crippen molar-refractivity contribution in [1.29, 1.82) is 0 Å². The molecule has 1 amide bonds. The van der Waals surface area contributed by atoms with Crippen LogP contribution in [0.1, 0.15) is 15.9 Å². The normalized spacial score (nSPS) is 10.2. The van der Waals surface area contributed by atoms with Gasteiger partial charge in [-0.2, -0.15) is 0 Å². The number of nitrogens with two attached hydrogens (primary N) is 1. The monoisotopic (exact) mass is 371 g/mol. The molecule has 19 heavy (non-hydrogen) atoms. The van der Waals surface area contributed by atoms with E-state index in [1.54, 1.807) is 30.3 Å². The van der Waals surface area contributed by atoms with Crippen molar-refractivity contribution in [3.63, 3.8) is 0 Å². The van der Waals surface area contributed by atoms with Gasteiger partial charge in [0.1, 0.15) is 18.2 Å². The summed E-state index contributed by atoms with van der Waals surface area (Å²) >= 11 is 2.06. The summed E-state index contributed by atoms with van der Waals surface area (Å²) in [6.45, 7) is 0.268. The number of ether oxygens (including phenoxy) is 1. The molecule has 0 spiro atoms. The minimum atomic E-state index is -0.477. The first-order valence-corrected chi connectivity index (χ1v) is 6.61. The van der Waals surface area contributed by atoms with E-state index in [-0.39, 0.29) is 12.4 Å². The first-order valence-electron chi connectivity index (χ1n) is 5.53. The fraction of sp³-hybridized carbons (Fsp3) is 0.0714. The van der Waals surface area contributed by atoms with Crippen molar-refractivity contribution in [2.45, 2.75) is 6.61 Å². The second-order valence-corrected chi connectivity index (χ2v) is 5.09. The van der Waals surface area contributed by atoms with Gasteiger partial charge in [-0.1, -0.05) is 12.1 Å². The Balaban J connectivity index is 2.10. The lowest BCUT2D eigenvalue weighted by atomic mass is 10.2. The highest BCUT2D eigenvalue weighted by molar-refractivity contribution is 14.1. The summed E-state index contributed by atoms with van der Waals surface area (Å²) in [5, 5.41) is 0. The van der Waals surface area contributed by atoms with Crippen LogP contribution < -0.4 is 10.5 Å². The molecule has 0 atom stereocenters. The molecule has 2 aromatic rings. The lowest BCUT2D eigenvalue weighted by molar-refractivity contribution is 0.1000. The van der Waals surface area contributed by atoms with E-state index in [4.69, 9.17) is 10.5 Å². The van der Waals surface area contributed by atoms with E-state index in [2.05, 4.69) is 22.6 Å². The van der Waals surface area contributed by atoms with Crippen LogP contribution in [0.15, 0.2) is 42.5 Å². The molecule has 2 N–H and O–H groups in total. The zero-order valence-electron chi connectivity index (χ0n) is 9.90. The fourth-order valence-corrected chi connectivity index (χ4v) is 2.23. The summed E-state index contributed by atoms with van der Waals surface area (Å²) in [5.41, 5.74) is 6.37. The molecule has 3 nitrogen and oxygen atoms in total. The van der Waals surface area contributed by atoms with Crippen molar-refractivity contribution in [3.05, 3.63) is 63.0 Å². The Morgan fingerprint density at radius 2 is 2.05 bits per heavy atom. The van der Waals surface area contributed by atoms with E-state index >= 15 is 0 Å². The minimum Gasteiger partial charge on any atom is -0.488 e.